The van der Waals surface area contributed by atoms with Crippen molar-refractivity contribution in [1.29, 1.82) is 0 Å². The SMILES string of the molecule is O=C1/C(=C(\O)c2ccccc2)C2C3CCC4C3CC2C14. The van der Waals surface area contributed by atoms with Gasteiger partial charge in [0.25, 0.3) is 0 Å². The number of carbonyl (C=O) groups excluding carboxylic acids is 1. The van der Waals surface area contributed by atoms with Gasteiger partial charge in [-0.05, 0) is 48.9 Å². The molecular weight excluding hydrogens is 248 g/mol. The van der Waals surface area contributed by atoms with E-state index in [4.69, 9.17) is 0 Å². The molecule has 5 rings (SSSR count). The van der Waals surface area contributed by atoms with E-state index in [-0.39, 0.29) is 17.5 Å². The molecule has 6 unspecified atom stereocenters. The number of rotatable bonds is 1. The molecule has 0 saturated heterocycles. The van der Waals surface area contributed by atoms with Crippen molar-refractivity contribution in [2.24, 2.45) is 35.5 Å². The van der Waals surface area contributed by atoms with Crippen molar-refractivity contribution in [2.45, 2.75) is 19.3 Å². The van der Waals surface area contributed by atoms with Crippen molar-refractivity contribution < 1.29 is 9.90 Å². The van der Waals surface area contributed by atoms with Gasteiger partial charge in [0.05, 0.1) is 0 Å². The highest BCUT2D eigenvalue weighted by Gasteiger charge is 2.68. The second kappa shape index (κ2) is 3.55. The highest BCUT2D eigenvalue weighted by Crippen LogP contribution is 2.71. The van der Waals surface area contributed by atoms with Gasteiger partial charge < -0.3 is 5.11 Å². The maximum absolute atomic E-state index is 12.8. The van der Waals surface area contributed by atoms with Crippen molar-refractivity contribution in [1.82, 2.24) is 0 Å². The number of carbonyl (C=O) groups is 1. The Morgan fingerprint density at radius 3 is 2.40 bits per heavy atom. The summed E-state index contributed by atoms with van der Waals surface area (Å²) in [7, 11) is 0. The number of Topliss-reactive ketones (excluding diaryl/α,β-unsaturated/α-hetero) is 1. The third kappa shape index (κ3) is 1.11. The molecule has 4 aliphatic carbocycles. The van der Waals surface area contributed by atoms with Crippen LogP contribution in [0.4, 0.5) is 0 Å². The van der Waals surface area contributed by atoms with Crippen molar-refractivity contribution in [3.05, 3.63) is 41.5 Å². The quantitative estimate of drug-likeness (QED) is 0.624. The summed E-state index contributed by atoms with van der Waals surface area (Å²) in [4.78, 5) is 12.8. The van der Waals surface area contributed by atoms with E-state index in [9.17, 15) is 9.90 Å². The maximum Gasteiger partial charge on any atom is 0.166 e. The van der Waals surface area contributed by atoms with Crippen LogP contribution in [0.5, 0.6) is 0 Å². The van der Waals surface area contributed by atoms with E-state index in [1.54, 1.807) is 0 Å². The molecule has 0 amide bonds. The van der Waals surface area contributed by atoms with Gasteiger partial charge in [0.2, 0.25) is 0 Å². The van der Waals surface area contributed by atoms with Crippen LogP contribution in [0.3, 0.4) is 0 Å². The van der Waals surface area contributed by atoms with Crippen molar-refractivity contribution in [3.8, 4) is 0 Å². The van der Waals surface area contributed by atoms with Crippen molar-refractivity contribution >= 4 is 11.5 Å². The topological polar surface area (TPSA) is 37.3 Å². The molecule has 4 fully saturated rings. The predicted octanol–water partition coefficient (Wildman–Crippen LogP) is 3.45. The summed E-state index contributed by atoms with van der Waals surface area (Å²) in [5.74, 6) is 3.77. The summed E-state index contributed by atoms with van der Waals surface area (Å²) >= 11 is 0. The van der Waals surface area contributed by atoms with Gasteiger partial charge in [0.15, 0.2) is 5.78 Å². The molecule has 6 atom stereocenters. The molecule has 1 N–H and O–H groups in total. The van der Waals surface area contributed by atoms with Gasteiger partial charge in [-0.1, -0.05) is 30.3 Å². The smallest absolute Gasteiger partial charge is 0.166 e. The molecule has 2 nitrogen and oxygen atoms in total. The third-order valence-corrected chi connectivity index (χ3v) is 6.53. The lowest BCUT2D eigenvalue weighted by Crippen LogP contribution is -2.23. The van der Waals surface area contributed by atoms with E-state index in [1.807, 2.05) is 30.3 Å². The van der Waals surface area contributed by atoms with Gasteiger partial charge in [0.1, 0.15) is 5.76 Å². The molecule has 4 aliphatic rings. The lowest BCUT2D eigenvalue weighted by Gasteiger charge is -2.24. The maximum atomic E-state index is 12.8. The van der Waals surface area contributed by atoms with E-state index >= 15 is 0 Å². The Bertz CT molecular complexity index is 630. The number of allylic oxidation sites excluding steroid dienone is 1. The molecule has 2 bridgehead atoms. The first-order valence-corrected chi connectivity index (χ1v) is 7.80. The van der Waals surface area contributed by atoms with Gasteiger partial charge in [-0.3, -0.25) is 4.79 Å². The molecule has 0 aromatic heterocycles. The number of aliphatic hydroxyl groups excluding tert-OH is 1. The Kier molecular flexibility index (Phi) is 1.97. The van der Waals surface area contributed by atoms with Crippen LogP contribution in [-0.2, 0) is 4.79 Å². The summed E-state index contributed by atoms with van der Waals surface area (Å²) in [6.07, 6.45) is 3.76. The predicted molar refractivity (Wildman–Crippen MR) is 75.8 cm³/mol. The molecule has 0 aliphatic heterocycles. The second-order valence-corrected chi connectivity index (χ2v) is 7.01. The van der Waals surface area contributed by atoms with Crippen molar-refractivity contribution in [3.63, 3.8) is 0 Å². The molecule has 0 spiro atoms. The van der Waals surface area contributed by atoms with E-state index in [1.165, 1.54) is 19.3 Å². The third-order valence-electron chi connectivity index (χ3n) is 6.53. The first-order valence-electron chi connectivity index (χ1n) is 7.80. The zero-order valence-electron chi connectivity index (χ0n) is 11.3. The molecule has 2 heteroatoms. The van der Waals surface area contributed by atoms with Gasteiger partial charge in [0, 0.05) is 17.1 Å². The van der Waals surface area contributed by atoms with E-state index in [0.29, 0.717) is 23.7 Å². The van der Waals surface area contributed by atoms with E-state index in [0.717, 1.165) is 17.1 Å². The summed E-state index contributed by atoms with van der Waals surface area (Å²) in [5.41, 5.74) is 1.58. The second-order valence-electron chi connectivity index (χ2n) is 7.01. The molecule has 1 aromatic carbocycles. The van der Waals surface area contributed by atoms with Gasteiger partial charge in [-0.25, -0.2) is 0 Å². The lowest BCUT2D eigenvalue weighted by atomic mass is 9.79. The number of hydrogen-bond donors (Lipinski definition) is 1. The van der Waals surface area contributed by atoms with Gasteiger partial charge in [-0.15, -0.1) is 0 Å². The van der Waals surface area contributed by atoms with Crippen LogP contribution < -0.4 is 0 Å². The Hall–Kier alpha value is -1.57. The van der Waals surface area contributed by atoms with Crippen LogP contribution >= 0.6 is 0 Å². The van der Waals surface area contributed by atoms with Crippen LogP contribution in [0.1, 0.15) is 24.8 Å². The van der Waals surface area contributed by atoms with Crippen LogP contribution in [0.25, 0.3) is 5.76 Å². The standard InChI is InChI=1S/C18H18O2/c19-17(9-4-2-1-3-5-9)16-14-10-6-7-11-12(10)8-13(14)15(11)18(16)20/h1-5,10-15,19H,6-8H2/b17-16-. The minimum atomic E-state index is 0.240. The van der Waals surface area contributed by atoms with Crippen molar-refractivity contribution in [2.75, 3.05) is 0 Å². The number of aliphatic hydroxyl groups is 1. The number of hydrogen-bond acceptors (Lipinski definition) is 2. The summed E-state index contributed by atoms with van der Waals surface area (Å²) in [5, 5.41) is 10.7. The van der Waals surface area contributed by atoms with Crippen LogP contribution in [0.15, 0.2) is 35.9 Å². The number of benzene rings is 1. The van der Waals surface area contributed by atoms with Gasteiger partial charge >= 0.3 is 0 Å². The summed E-state index contributed by atoms with van der Waals surface area (Å²) < 4.78 is 0. The van der Waals surface area contributed by atoms with E-state index < -0.39 is 0 Å². The molecule has 20 heavy (non-hydrogen) atoms. The highest BCUT2D eigenvalue weighted by molar-refractivity contribution is 6.06. The normalized spacial score (nSPS) is 46.3. The minimum absolute atomic E-state index is 0.240. The molecule has 1 aromatic rings. The number of ketones is 1. The Morgan fingerprint density at radius 1 is 0.950 bits per heavy atom. The first-order chi connectivity index (χ1) is 9.77. The zero-order valence-corrected chi connectivity index (χ0v) is 11.3. The monoisotopic (exact) mass is 266 g/mol. The Balaban J connectivity index is 1.68. The lowest BCUT2D eigenvalue weighted by molar-refractivity contribution is -0.119. The molecule has 0 radical (unpaired) electrons. The summed E-state index contributed by atoms with van der Waals surface area (Å²) in [6, 6.07) is 9.59. The zero-order chi connectivity index (χ0) is 13.4. The molecule has 102 valence electrons. The highest BCUT2D eigenvalue weighted by atomic mass is 16.3. The van der Waals surface area contributed by atoms with Crippen LogP contribution in [-0.4, -0.2) is 10.9 Å². The average Bonchev–Trinajstić information content (AvgIpc) is 3.11. The number of fused-ring (bicyclic) bond motifs is 2. The first kappa shape index (κ1) is 11.1. The fraction of sp³-hybridized carbons (Fsp3) is 0.500. The van der Waals surface area contributed by atoms with Gasteiger partial charge in [-0.2, -0.15) is 0 Å². The fourth-order valence-electron chi connectivity index (χ4n) is 6.02. The molecular formula is C18H18O2. The largest absolute Gasteiger partial charge is 0.507 e. The van der Waals surface area contributed by atoms with Crippen LogP contribution in [0, 0.1) is 35.5 Å². The molecule has 0 heterocycles. The molecule has 4 saturated carbocycles. The Morgan fingerprint density at radius 2 is 1.65 bits per heavy atom. The summed E-state index contributed by atoms with van der Waals surface area (Å²) in [6.45, 7) is 0. The minimum Gasteiger partial charge on any atom is -0.507 e. The fourth-order valence-corrected chi connectivity index (χ4v) is 6.02. The van der Waals surface area contributed by atoms with E-state index in [2.05, 4.69) is 0 Å². The van der Waals surface area contributed by atoms with Crippen LogP contribution in [0.2, 0.25) is 0 Å². The Labute approximate surface area is 118 Å². The average molecular weight is 266 g/mol.